The lowest BCUT2D eigenvalue weighted by Gasteiger charge is -2.62. The molecule has 3 saturated carbocycles. The van der Waals surface area contributed by atoms with Crippen molar-refractivity contribution in [3.8, 4) is 0 Å². The van der Waals surface area contributed by atoms with Gasteiger partial charge >= 0.3 is 5.97 Å². The fraction of sp³-hybridized carbons (Fsp3) is 0.538. The number of aryl methyl sites for hydroxylation is 1. The Balaban J connectivity index is 1.45. The second-order valence-electron chi connectivity index (χ2n) is 9.98. The highest BCUT2D eigenvalue weighted by Crippen LogP contribution is 2.62. The minimum absolute atomic E-state index is 0.0522. The second-order valence-corrected chi connectivity index (χ2v) is 10.9. The van der Waals surface area contributed by atoms with Crippen molar-refractivity contribution in [2.45, 2.75) is 65.3 Å². The minimum atomic E-state index is -0.734. The summed E-state index contributed by atoms with van der Waals surface area (Å²) in [5, 5.41) is 15.2. The number of carbonyl (C=O) groups excluding carboxylic acids is 1. The summed E-state index contributed by atoms with van der Waals surface area (Å²) in [6, 6.07) is 6.51. The lowest BCUT2D eigenvalue weighted by molar-refractivity contribution is -0.137. The molecule has 0 spiro atoms. The molecule has 5 heteroatoms. The van der Waals surface area contributed by atoms with Crippen LogP contribution in [0.3, 0.4) is 0 Å². The molecule has 1 heterocycles. The standard InChI is InChI=1S/C26H33NO3S/c1-16-10-11-23-19(12-16)20(15-31-23)25(30)27-22-14-17-13-21(26(17,2)3)18(22)8-6-4-5-7-9-24(28)29/h4,6,10-12,15,17-18,21-22H,5,7-9,13-14H2,1-3H3,(H,27,30)(H,28,29)/b6-4-/t17-,18-,21+,22-/m0/s1. The molecule has 0 saturated heterocycles. The van der Waals surface area contributed by atoms with Crippen LogP contribution in [0.2, 0.25) is 0 Å². The number of unbranched alkanes of at least 4 members (excludes halogenated alkanes) is 1. The lowest BCUT2D eigenvalue weighted by atomic mass is 9.44. The molecule has 5 rings (SSSR count). The van der Waals surface area contributed by atoms with E-state index in [2.05, 4.69) is 56.4 Å². The molecule has 31 heavy (non-hydrogen) atoms. The molecule has 3 aliphatic rings. The van der Waals surface area contributed by atoms with Crippen LogP contribution in [0.4, 0.5) is 0 Å². The molecular formula is C26H33NO3S. The van der Waals surface area contributed by atoms with E-state index >= 15 is 0 Å². The van der Waals surface area contributed by atoms with E-state index < -0.39 is 5.97 Å². The Morgan fingerprint density at radius 3 is 2.81 bits per heavy atom. The third-order valence-electron chi connectivity index (χ3n) is 7.74. The second kappa shape index (κ2) is 8.78. The first-order valence-corrected chi connectivity index (χ1v) is 12.3. The summed E-state index contributed by atoms with van der Waals surface area (Å²) in [7, 11) is 0. The molecular weight excluding hydrogens is 406 g/mol. The number of carboxylic acid groups (broad SMARTS) is 1. The van der Waals surface area contributed by atoms with E-state index in [1.165, 1.54) is 12.0 Å². The van der Waals surface area contributed by atoms with Crippen molar-refractivity contribution in [2.75, 3.05) is 0 Å². The molecule has 0 unspecified atom stereocenters. The highest BCUT2D eigenvalue weighted by atomic mass is 32.1. The van der Waals surface area contributed by atoms with E-state index in [1.807, 2.05) is 5.38 Å². The van der Waals surface area contributed by atoms with Gasteiger partial charge in [0.2, 0.25) is 0 Å². The topological polar surface area (TPSA) is 66.4 Å². The van der Waals surface area contributed by atoms with Crippen LogP contribution >= 0.6 is 11.3 Å². The minimum Gasteiger partial charge on any atom is -0.481 e. The van der Waals surface area contributed by atoms with Crippen LogP contribution in [0.1, 0.15) is 68.3 Å². The summed E-state index contributed by atoms with van der Waals surface area (Å²) < 4.78 is 1.16. The maximum Gasteiger partial charge on any atom is 0.303 e. The zero-order valence-electron chi connectivity index (χ0n) is 18.7. The van der Waals surface area contributed by atoms with E-state index in [9.17, 15) is 9.59 Å². The number of rotatable bonds is 8. The van der Waals surface area contributed by atoms with Crippen LogP contribution in [0.25, 0.3) is 10.1 Å². The van der Waals surface area contributed by atoms with Gasteiger partial charge in [-0.25, -0.2) is 0 Å². The Morgan fingerprint density at radius 2 is 2.06 bits per heavy atom. The zero-order chi connectivity index (χ0) is 22.2. The smallest absolute Gasteiger partial charge is 0.303 e. The molecule has 2 N–H and O–H groups in total. The van der Waals surface area contributed by atoms with Gasteiger partial charge in [0.25, 0.3) is 5.91 Å². The molecule has 2 aromatic rings. The molecule has 3 aliphatic carbocycles. The maximum atomic E-state index is 13.2. The highest BCUT2D eigenvalue weighted by molar-refractivity contribution is 7.17. The number of fused-ring (bicyclic) bond motifs is 3. The Morgan fingerprint density at radius 1 is 1.26 bits per heavy atom. The number of aliphatic carboxylic acids is 1. The number of nitrogens with one attached hydrogen (secondary N) is 1. The zero-order valence-corrected chi connectivity index (χ0v) is 19.5. The number of amides is 1. The summed E-state index contributed by atoms with van der Waals surface area (Å²) in [4.78, 5) is 23.9. The van der Waals surface area contributed by atoms with Crippen molar-refractivity contribution < 1.29 is 14.7 Å². The Hall–Kier alpha value is -2.14. The molecule has 2 bridgehead atoms. The van der Waals surface area contributed by atoms with Crippen molar-refractivity contribution in [3.63, 3.8) is 0 Å². The van der Waals surface area contributed by atoms with Gasteiger partial charge in [0.05, 0.1) is 5.56 Å². The van der Waals surface area contributed by atoms with Gasteiger partial charge in [-0.2, -0.15) is 0 Å². The molecule has 166 valence electrons. The van der Waals surface area contributed by atoms with Crippen LogP contribution in [-0.4, -0.2) is 23.0 Å². The average molecular weight is 440 g/mol. The maximum absolute atomic E-state index is 13.2. The predicted octanol–water partition coefficient (Wildman–Crippen LogP) is 6.19. The van der Waals surface area contributed by atoms with E-state index in [0.717, 1.165) is 34.9 Å². The number of benzene rings is 1. The van der Waals surface area contributed by atoms with Gasteiger partial charge in [-0.15, -0.1) is 11.3 Å². The summed E-state index contributed by atoms with van der Waals surface area (Å²) >= 11 is 1.63. The monoisotopic (exact) mass is 439 g/mol. The van der Waals surface area contributed by atoms with Crippen molar-refractivity contribution in [3.05, 3.63) is 46.9 Å². The molecule has 1 aromatic heterocycles. The summed E-state index contributed by atoms with van der Waals surface area (Å²) in [5.41, 5.74) is 2.31. The normalized spacial score (nSPS) is 26.7. The van der Waals surface area contributed by atoms with Crippen molar-refractivity contribution in [1.82, 2.24) is 5.32 Å². The van der Waals surface area contributed by atoms with E-state index in [0.29, 0.717) is 29.6 Å². The summed E-state index contributed by atoms with van der Waals surface area (Å²) in [5.74, 6) is 1.06. The van der Waals surface area contributed by atoms with Gasteiger partial charge in [-0.1, -0.05) is 37.6 Å². The molecule has 3 fully saturated rings. The Labute approximate surface area is 188 Å². The first kappa shape index (κ1) is 22.1. The number of thiophene rings is 1. The van der Waals surface area contributed by atoms with Crippen LogP contribution in [0.5, 0.6) is 0 Å². The van der Waals surface area contributed by atoms with Crippen LogP contribution in [-0.2, 0) is 4.79 Å². The van der Waals surface area contributed by atoms with Gasteiger partial charge in [-0.05, 0) is 74.3 Å². The van der Waals surface area contributed by atoms with Crippen LogP contribution < -0.4 is 5.32 Å². The highest BCUT2D eigenvalue weighted by Gasteiger charge is 2.57. The molecule has 4 nitrogen and oxygen atoms in total. The third kappa shape index (κ3) is 4.43. The molecule has 0 radical (unpaired) electrons. The fourth-order valence-corrected chi connectivity index (χ4v) is 6.67. The van der Waals surface area contributed by atoms with Crippen molar-refractivity contribution in [2.24, 2.45) is 23.2 Å². The van der Waals surface area contributed by atoms with Gasteiger partial charge in [0.15, 0.2) is 0 Å². The van der Waals surface area contributed by atoms with E-state index in [1.54, 1.807) is 11.3 Å². The number of carbonyl (C=O) groups is 2. The van der Waals surface area contributed by atoms with Crippen LogP contribution in [0.15, 0.2) is 35.7 Å². The third-order valence-corrected chi connectivity index (χ3v) is 8.71. The number of hydrogen-bond donors (Lipinski definition) is 2. The van der Waals surface area contributed by atoms with Gasteiger partial charge in [0.1, 0.15) is 0 Å². The van der Waals surface area contributed by atoms with Gasteiger partial charge < -0.3 is 10.4 Å². The van der Waals surface area contributed by atoms with E-state index in [-0.39, 0.29) is 18.4 Å². The number of allylic oxidation sites excluding steroid dienone is 2. The lowest BCUT2D eigenvalue weighted by Crippen LogP contribution is -2.61. The van der Waals surface area contributed by atoms with Crippen LogP contribution in [0, 0.1) is 30.1 Å². The molecule has 1 amide bonds. The predicted molar refractivity (Wildman–Crippen MR) is 127 cm³/mol. The SMILES string of the molecule is Cc1ccc2scc(C(=O)N[C@H]3C[C@@H]4C[C@H]([C@@H]3C/C=C\CCCC(=O)O)C4(C)C)c2c1. The molecule has 1 aromatic carbocycles. The Kier molecular flexibility index (Phi) is 6.25. The van der Waals surface area contributed by atoms with Gasteiger partial charge in [0, 0.05) is 27.9 Å². The number of hydrogen-bond acceptors (Lipinski definition) is 3. The van der Waals surface area contributed by atoms with Crippen molar-refractivity contribution in [1.29, 1.82) is 0 Å². The fourth-order valence-electron chi connectivity index (χ4n) is 5.75. The number of carboxylic acids is 1. The van der Waals surface area contributed by atoms with Crippen molar-refractivity contribution >= 4 is 33.3 Å². The van der Waals surface area contributed by atoms with E-state index in [4.69, 9.17) is 5.11 Å². The Bertz CT molecular complexity index is 1010. The average Bonchev–Trinajstić information content (AvgIpc) is 3.13. The summed E-state index contributed by atoms with van der Waals surface area (Å²) in [6.07, 6.45) is 9.29. The molecule has 4 atom stereocenters. The summed E-state index contributed by atoms with van der Waals surface area (Å²) in [6.45, 7) is 6.82. The van der Waals surface area contributed by atoms with Gasteiger partial charge in [-0.3, -0.25) is 9.59 Å². The first-order chi connectivity index (χ1) is 14.8. The molecule has 0 aliphatic heterocycles. The largest absolute Gasteiger partial charge is 0.481 e. The quantitative estimate of drug-likeness (QED) is 0.381. The first-order valence-electron chi connectivity index (χ1n) is 11.4.